The number of carbonyl (C=O) groups is 1. The summed E-state index contributed by atoms with van der Waals surface area (Å²) < 4.78 is 5.26. The first-order chi connectivity index (χ1) is 12.6. The van der Waals surface area contributed by atoms with Crippen LogP contribution in [0.3, 0.4) is 0 Å². The van der Waals surface area contributed by atoms with Crippen molar-refractivity contribution in [3.63, 3.8) is 0 Å². The molecule has 1 N–H and O–H groups in total. The van der Waals surface area contributed by atoms with E-state index in [2.05, 4.69) is 15.1 Å². The Morgan fingerprint density at radius 2 is 2.12 bits per heavy atom. The van der Waals surface area contributed by atoms with Crippen LogP contribution in [0.4, 0.5) is 0 Å². The summed E-state index contributed by atoms with van der Waals surface area (Å²) in [5, 5.41) is 14.0. The lowest BCUT2D eigenvalue weighted by Crippen LogP contribution is -2.30. The van der Waals surface area contributed by atoms with E-state index in [1.807, 2.05) is 18.2 Å². The fourth-order valence-electron chi connectivity index (χ4n) is 2.62. The van der Waals surface area contributed by atoms with Gasteiger partial charge in [-0.05, 0) is 31.2 Å². The van der Waals surface area contributed by atoms with Gasteiger partial charge < -0.3 is 14.5 Å². The number of aromatic nitrogens is 3. The summed E-state index contributed by atoms with van der Waals surface area (Å²) in [6.07, 6.45) is 4.65. The summed E-state index contributed by atoms with van der Waals surface area (Å²) in [7, 11) is 1.71. The summed E-state index contributed by atoms with van der Waals surface area (Å²) >= 11 is 0. The minimum Gasteiger partial charge on any atom is -0.385 e. The van der Waals surface area contributed by atoms with E-state index < -0.39 is 6.10 Å². The fourth-order valence-corrected chi connectivity index (χ4v) is 2.62. The third-order valence-electron chi connectivity index (χ3n) is 4.02. The summed E-state index contributed by atoms with van der Waals surface area (Å²) in [6.45, 7) is 2.02. The average Bonchev–Trinajstić information content (AvgIpc) is 3.12. The Morgan fingerprint density at radius 1 is 1.27 bits per heavy atom. The number of aliphatic hydroxyl groups excluding tert-OH is 1. The van der Waals surface area contributed by atoms with E-state index in [0.717, 1.165) is 5.69 Å². The van der Waals surface area contributed by atoms with Crippen LogP contribution in [0.2, 0.25) is 0 Å². The SMILES string of the molecule is C[C@H](O)c1onc(-c2cccnc2)c1C(=O)N(C)CCc1ccccn1. The minimum atomic E-state index is -0.948. The molecule has 0 aliphatic rings. The molecular formula is C19H20N4O3. The monoisotopic (exact) mass is 352 g/mol. The minimum absolute atomic E-state index is 0.151. The van der Waals surface area contributed by atoms with Gasteiger partial charge in [-0.3, -0.25) is 14.8 Å². The smallest absolute Gasteiger partial charge is 0.259 e. The number of amides is 1. The second-order valence-electron chi connectivity index (χ2n) is 5.99. The van der Waals surface area contributed by atoms with Gasteiger partial charge in [0.1, 0.15) is 17.4 Å². The van der Waals surface area contributed by atoms with Gasteiger partial charge in [-0.15, -0.1) is 0 Å². The summed E-state index contributed by atoms with van der Waals surface area (Å²) in [4.78, 5) is 22.9. The zero-order valence-electron chi connectivity index (χ0n) is 14.7. The van der Waals surface area contributed by atoms with Crippen LogP contribution in [0.1, 0.15) is 34.8 Å². The Morgan fingerprint density at radius 3 is 2.77 bits per heavy atom. The molecule has 3 heterocycles. The molecule has 1 atom stereocenters. The van der Waals surface area contributed by atoms with Crippen molar-refractivity contribution in [2.45, 2.75) is 19.4 Å². The second kappa shape index (κ2) is 7.88. The van der Waals surface area contributed by atoms with Crippen LogP contribution < -0.4 is 0 Å². The summed E-state index contributed by atoms with van der Waals surface area (Å²) in [6, 6.07) is 9.23. The lowest BCUT2D eigenvalue weighted by atomic mass is 10.0. The first-order valence-corrected chi connectivity index (χ1v) is 8.31. The van der Waals surface area contributed by atoms with E-state index in [4.69, 9.17) is 4.52 Å². The topological polar surface area (TPSA) is 92.3 Å². The van der Waals surface area contributed by atoms with Crippen molar-refractivity contribution in [1.82, 2.24) is 20.0 Å². The fraction of sp³-hybridized carbons (Fsp3) is 0.263. The highest BCUT2D eigenvalue weighted by Gasteiger charge is 2.28. The van der Waals surface area contributed by atoms with Gasteiger partial charge in [0.2, 0.25) is 0 Å². The number of hydrogen-bond acceptors (Lipinski definition) is 6. The predicted octanol–water partition coefficient (Wildman–Crippen LogP) is 2.50. The number of hydrogen-bond donors (Lipinski definition) is 1. The normalized spacial score (nSPS) is 12.0. The van der Waals surface area contributed by atoms with Crippen molar-refractivity contribution in [1.29, 1.82) is 0 Å². The molecular weight excluding hydrogens is 332 g/mol. The van der Waals surface area contributed by atoms with Gasteiger partial charge in [-0.1, -0.05) is 11.2 Å². The molecule has 0 unspecified atom stereocenters. The first kappa shape index (κ1) is 17.8. The number of likely N-dealkylation sites (N-methyl/N-ethyl adjacent to an activating group) is 1. The molecule has 3 aromatic heterocycles. The number of carbonyl (C=O) groups excluding carboxylic acids is 1. The molecule has 0 saturated carbocycles. The van der Waals surface area contributed by atoms with E-state index in [9.17, 15) is 9.90 Å². The molecule has 0 bridgehead atoms. The van der Waals surface area contributed by atoms with E-state index in [0.29, 0.717) is 24.2 Å². The summed E-state index contributed by atoms with van der Waals surface area (Å²) in [5.74, 6) is -0.115. The van der Waals surface area contributed by atoms with Crippen molar-refractivity contribution in [2.24, 2.45) is 0 Å². The van der Waals surface area contributed by atoms with Crippen LogP contribution in [0.15, 0.2) is 53.4 Å². The number of nitrogens with zero attached hydrogens (tertiary/aromatic N) is 4. The van der Waals surface area contributed by atoms with Gasteiger partial charge in [0.25, 0.3) is 5.91 Å². The molecule has 0 saturated heterocycles. The Kier molecular flexibility index (Phi) is 5.38. The standard InChI is InChI=1S/C19H20N4O3/c1-13(24)18-16(17(22-26-18)14-6-5-9-20-12-14)19(25)23(2)11-8-15-7-3-4-10-21-15/h3-7,9-10,12-13,24H,8,11H2,1-2H3/t13-/m0/s1. The Labute approximate surface area is 151 Å². The van der Waals surface area contributed by atoms with E-state index in [1.54, 1.807) is 42.7 Å². The van der Waals surface area contributed by atoms with Gasteiger partial charge in [-0.2, -0.15) is 0 Å². The third-order valence-corrected chi connectivity index (χ3v) is 4.02. The zero-order valence-corrected chi connectivity index (χ0v) is 14.7. The van der Waals surface area contributed by atoms with E-state index >= 15 is 0 Å². The van der Waals surface area contributed by atoms with Gasteiger partial charge >= 0.3 is 0 Å². The van der Waals surface area contributed by atoms with Crippen molar-refractivity contribution in [2.75, 3.05) is 13.6 Å². The molecule has 134 valence electrons. The molecule has 7 nitrogen and oxygen atoms in total. The Balaban J connectivity index is 1.86. The second-order valence-corrected chi connectivity index (χ2v) is 5.99. The van der Waals surface area contributed by atoms with Crippen LogP contribution in [-0.2, 0) is 6.42 Å². The molecule has 0 radical (unpaired) electrons. The van der Waals surface area contributed by atoms with Crippen LogP contribution >= 0.6 is 0 Å². The average molecular weight is 352 g/mol. The van der Waals surface area contributed by atoms with Crippen molar-refractivity contribution in [3.05, 3.63) is 65.9 Å². The number of rotatable bonds is 6. The van der Waals surface area contributed by atoms with Crippen molar-refractivity contribution < 1.29 is 14.4 Å². The maximum absolute atomic E-state index is 13.0. The molecule has 3 rings (SSSR count). The molecule has 0 spiro atoms. The maximum atomic E-state index is 13.0. The van der Waals surface area contributed by atoms with E-state index in [1.165, 1.54) is 6.92 Å². The van der Waals surface area contributed by atoms with Gasteiger partial charge in [0.05, 0.1) is 0 Å². The molecule has 1 amide bonds. The quantitative estimate of drug-likeness (QED) is 0.733. The van der Waals surface area contributed by atoms with Crippen LogP contribution in [0.25, 0.3) is 11.3 Å². The van der Waals surface area contributed by atoms with E-state index in [-0.39, 0.29) is 17.2 Å². The highest BCUT2D eigenvalue weighted by molar-refractivity contribution is 6.00. The number of aliphatic hydroxyl groups is 1. The van der Waals surface area contributed by atoms with Crippen molar-refractivity contribution in [3.8, 4) is 11.3 Å². The zero-order chi connectivity index (χ0) is 18.5. The predicted molar refractivity (Wildman–Crippen MR) is 95.3 cm³/mol. The van der Waals surface area contributed by atoms with Crippen LogP contribution in [-0.4, -0.2) is 44.6 Å². The lowest BCUT2D eigenvalue weighted by molar-refractivity contribution is 0.0784. The van der Waals surface area contributed by atoms with Gasteiger partial charge in [-0.25, -0.2) is 0 Å². The summed E-state index contributed by atoms with van der Waals surface area (Å²) in [5.41, 5.74) is 2.20. The van der Waals surface area contributed by atoms with Crippen molar-refractivity contribution >= 4 is 5.91 Å². The molecule has 0 fully saturated rings. The lowest BCUT2D eigenvalue weighted by Gasteiger charge is -2.17. The highest BCUT2D eigenvalue weighted by Crippen LogP contribution is 2.29. The molecule has 7 heteroatoms. The molecule has 26 heavy (non-hydrogen) atoms. The Hall–Kier alpha value is -3.06. The molecule has 0 aliphatic carbocycles. The molecule has 3 aromatic rings. The third kappa shape index (κ3) is 3.78. The highest BCUT2D eigenvalue weighted by atomic mass is 16.5. The molecule has 0 aliphatic heterocycles. The van der Waals surface area contributed by atoms with Gasteiger partial charge in [0, 0.05) is 49.9 Å². The number of pyridine rings is 2. The largest absolute Gasteiger partial charge is 0.385 e. The van der Waals surface area contributed by atoms with Crippen LogP contribution in [0.5, 0.6) is 0 Å². The van der Waals surface area contributed by atoms with Crippen LogP contribution in [0, 0.1) is 0 Å². The first-order valence-electron chi connectivity index (χ1n) is 8.31. The molecule has 0 aromatic carbocycles. The maximum Gasteiger partial charge on any atom is 0.259 e. The Bertz CT molecular complexity index is 863. The van der Waals surface area contributed by atoms with Gasteiger partial charge in [0.15, 0.2) is 5.76 Å².